The smallest absolute Gasteiger partial charge is 0.352 e. The number of H-pyrrole nitrogens is 2. The summed E-state index contributed by atoms with van der Waals surface area (Å²) in [5.41, 5.74) is 4.63. The Morgan fingerprint density at radius 2 is 1.75 bits per heavy atom. The van der Waals surface area contributed by atoms with Crippen molar-refractivity contribution in [3.63, 3.8) is 0 Å². The predicted octanol–water partition coefficient (Wildman–Crippen LogP) is 3.46. The Morgan fingerprint density at radius 1 is 1.12 bits per heavy atom. The number of hydrogen-bond acceptors (Lipinski definition) is 2. The van der Waals surface area contributed by atoms with E-state index in [0.29, 0.717) is 5.56 Å². The van der Waals surface area contributed by atoms with E-state index in [1.165, 1.54) is 0 Å². The van der Waals surface area contributed by atoms with Gasteiger partial charge in [0.2, 0.25) is 0 Å². The average Bonchev–Trinajstić information content (AvgIpc) is 2.99. The molecule has 0 radical (unpaired) electrons. The van der Waals surface area contributed by atoms with Gasteiger partial charge in [-0.25, -0.2) is 9.59 Å². The zero-order valence-corrected chi connectivity index (χ0v) is 14.3. The van der Waals surface area contributed by atoms with E-state index in [9.17, 15) is 19.8 Å². The molecule has 0 aromatic carbocycles. The lowest BCUT2D eigenvalue weighted by molar-refractivity contribution is 0.0679. The van der Waals surface area contributed by atoms with Gasteiger partial charge in [-0.3, -0.25) is 0 Å². The van der Waals surface area contributed by atoms with Crippen LogP contribution in [0.25, 0.3) is 0 Å². The van der Waals surface area contributed by atoms with Crippen molar-refractivity contribution >= 4 is 11.9 Å². The molecule has 0 spiro atoms. The molecule has 6 heteroatoms. The molecule has 1 aliphatic carbocycles. The van der Waals surface area contributed by atoms with E-state index in [0.717, 1.165) is 35.4 Å². The first-order valence-electron chi connectivity index (χ1n) is 7.98. The first-order valence-corrected chi connectivity index (χ1v) is 7.98. The number of aryl methyl sites for hydroxylation is 1. The standard InChI is InChI=1S/C18H22N2O4/c1-8-5-12(19-13(8)16(21)22)11-7-18(3,4)6-10-9(2)14(17(23)24)20-15(10)11/h5,11,19-20H,6-7H2,1-4H3,(H,21,22)(H,23,24). The molecule has 1 aliphatic rings. The number of aromatic amines is 2. The number of rotatable bonds is 3. The van der Waals surface area contributed by atoms with Gasteiger partial charge in [-0.2, -0.15) is 0 Å². The van der Waals surface area contributed by atoms with E-state index in [2.05, 4.69) is 23.8 Å². The molecule has 1 unspecified atom stereocenters. The van der Waals surface area contributed by atoms with Crippen LogP contribution in [0.2, 0.25) is 0 Å². The van der Waals surface area contributed by atoms with Crippen LogP contribution < -0.4 is 0 Å². The maximum Gasteiger partial charge on any atom is 0.352 e. The number of carboxylic acids is 2. The third-order valence-corrected chi connectivity index (χ3v) is 5.01. The second-order valence-electron chi connectivity index (χ2n) is 7.51. The van der Waals surface area contributed by atoms with Gasteiger partial charge < -0.3 is 20.2 Å². The number of fused-ring (bicyclic) bond motifs is 1. The molecule has 0 saturated carbocycles. The van der Waals surface area contributed by atoms with Crippen molar-refractivity contribution in [1.29, 1.82) is 0 Å². The van der Waals surface area contributed by atoms with Crippen LogP contribution in [0.15, 0.2) is 6.07 Å². The number of carbonyl (C=O) groups is 2. The number of aromatic carboxylic acids is 2. The molecule has 3 rings (SSSR count). The normalized spacial score (nSPS) is 19.1. The molecule has 24 heavy (non-hydrogen) atoms. The third kappa shape index (κ3) is 2.52. The maximum absolute atomic E-state index is 11.5. The largest absolute Gasteiger partial charge is 0.477 e. The first kappa shape index (κ1) is 16.4. The van der Waals surface area contributed by atoms with E-state index in [-0.39, 0.29) is 22.7 Å². The molecule has 0 fully saturated rings. The minimum Gasteiger partial charge on any atom is -0.477 e. The second-order valence-corrected chi connectivity index (χ2v) is 7.51. The van der Waals surface area contributed by atoms with Crippen molar-refractivity contribution in [2.24, 2.45) is 5.41 Å². The Kier molecular flexibility index (Phi) is 3.59. The highest BCUT2D eigenvalue weighted by molar-refractivity contribution is 5.88. The Labute approximate surface area is 139 Å². The number of hydrogen-bond donors (Lipinski definition) is 4. The van der Waals surface area contributed by atoms with Gasteiger partial charge in [-0.15, -0.1) is 0 Å². The summed E-state index contributed by atoms with van der Waals surface area (Å²) in [5, 5.41) is 18.7. The van der Waals surface area contributed by atoms with Gasteiger partial charge in [-0.1, -0.05) is 13.8 Å². The summed E-state index contributed by atoms with van der Waals surface area (Å²) in [5.74, 6) is -2.02. The third-order valence-electron chi connectivity index (χ3n) is 5.01. The summed E-state index contributed by atoms with van der Waals surface area (Å²) in [6, 6.07) is 1.86. The predicted molar refractivity (Wildman–Crippen MR) is 88.9 cm³/mol. The molecule has 0 aliphatic heterocycles. The van der Waals surface area contributed by atoms with E-state index >= 15 is 0 Å². The molecule has 2 aromatic rings. The van der Waals surface area contributed by atoms with Gasteiger partial charge in [0, 0.05) is 17.3 Å². The fourth-order valence-corrected chi connectivity index (χ4v) is 3.86. The SMILES string of the molecule is Cc1cc(C2CC(C)(C)Cc3c2[nH]c(C(=O)O)c3C)[nH]c1C(=O)O. The molecular weight excluding hydrogens is 308 g/mol. The highest BCUT2D eigenvalue weighted by Gasteiger charge is 2.37. The fourth-order valence-electron chi connectivity index (χ4n) is 3.86. The molecule has 1 atom stereocenters. The van der Waals surface area contributed by atoms with E-state index in [4.69, 9.17) is 0 Å². The van der Waals surface area contributed by atoms with Crippen LogP contribution in [0.5, 0.6) is 0 Å². The van der Waals surface area contributed by atoms with Gasteiger partial charge in [0.25, 0.3) is 0 Å². The quantitative estimate of drug-likeness (QED) is 0.691. The number of carboxylic acid groups (broad SMARTS) is 2. The van der Waals surface area contributed by atoms with E-state index < -0.39 is 11.9 Å². The summed E-state index contributed by atoms with van der Waals surface area (Å²) in [7, 11) is 0. The van der Waals surface area contributed by atoms with Crippen LogP contribution in [-0.4, -0.2) is 32.1 Å². The molecule has 4 N–H and O–H groups in total. The Morgan fingerprint density at radius 3 is 2.29 bits per heavy atom. The lowest BCUT2D eigenvalue weighted by atomic mass is 9.70. The molecule has 0 bridgehead atoms. The molecule has 0 amide bonds. The molecule has 0 saturated heterocycles. The summed E-state index contributed by atoms with van der Waals surface area (Å²) >= 11 is 0. The lowest BCUT2D eigenvalue weighted by Crippen LogP contribution is -2.26. The molecule has 2 aromatic heterocycles. The molecule has 2 heterocycles. The van der Waals surface area contributed by atoms with Crippen LogP contribution in [0.1, 0.15) is 75.2 Å². The molecule has 6 nitrogen and oxygen atoms in total. The van der Waals surface area contributed by atoms with Crippen LogP contribution >= 0.6 is 0 Å². The topological polar surface area (TPSA) is 106 Å². The first-order chi connectivity index (χ1) is 11.1. The van der Waals surface area contributed by atoms with Crippen molar-refractivity contribution in [2.45, 2.75) is 46.5 Å². The van der Waals surface area contributed by atoms with Crippen LogP contribution in [-0.2, 0) is 6.42 Å². The van der Waals surface area contributed by atoms with Gasteiger partial charge in [0.1, 0.15) is 11.4 Å². The van der Waals surface area contributed by atoms with E-state index in [1.54, 1.807) is 6.92 Å². The van der Waals surface area contributed by atoms with Crippen molar-refractivity contribution in [2.75, 3.05) is 0 Å². The van der Waals surface area contributed by atoms with Crippen LogP contribution in [0.3, 0.4) is 0 Å². The Hall–Kier alpha value is -2.50. The summed E-state index contributed by atoms with van der Waals surface area (Å²) in [6.07, 6.45) is 1.62. The van der Waals surface area contributed by atoms with Crippen molar-refractivity contribution in [3.05, 3.63) is 45.5 Å². The number of aromatic nitrogens is 2. The van der Waals surface area contributed by atoms with Gasteiger partial charge >= 0.3 is 11.9 Å². The van der Waals surface area contributed by atoms with Crippen LogP contribution in [0.4, 0.5) is 0 Å². The number of nitrogens with one attached hydrogen (secondary N) is 2. The van der Waals surface area contributed by atoms with Crippen molar-refractivity contribution in [1.82, 2.24) is 9.97 Å². The summed E-state index contributed by atoms with van der Waals surface area (Å²) in [6.45, 7) is 7.91. The highest BCUT2D eigenvalue weighted by Crippen LogP contribution is 2.46. The van der Waals surface area contributed by atoms with Gasteiger partial charge in [0.05, 0.1) is 0 Å². The molecule has 128 valence electrons. The highest BCUT2D eigenvalue weighted by atomic mass is 16.4. The minimum atomic E-state index is -0.983. The fraction of sp³-hybridized carbons (Fsp3) is 0.444. The molecular formula is C18H22N2O4. The lowest BCUT2D eigenvalue weighted by Gasteiger charge is -2.35. The Balaban J connectivity index is 2.16. The van der Waals surface area contributed by atoms with Gasteiger partial charge in [0.15, 0.2) is 0 Å². The maximum atomic E-state index is 11.5. The minimum absolute atomic E-state index is 0.00277. The van der Waals surface area contributed by atoms with Crippen molar-refractivity contribution in [3.8, 4) is 0 Å². The summed E-state index contributed by atoms with van der Waals surface area (Å²) < 4.78 is 0. The zero-order chi connectivity index (χ0) is 17.8. The van der Waals surface area contributed by atoms with Gasteiger partial charge in [-0.05, 0) is 54.9 Å². The average molecular weight is 330 g/mol. The van der Waals surface area contributed by atoms with Crippen LogP contribution in [0, 0.1) is 19.3 Å². The second kappa shape index (κ2) is 5.26. The monoisotopic (exact) mass is 330 g/mol. The van der Waals surface area contributed by atoms with E-state index in [1.807, 2.05) is 13.0 Å². The Bertz CT molecular complexity index is 842. The summed E-state index contributed by atoms with van der Waals surface area (Å²) in [4.78, 5) is 28.9. The zero-order valence-electron chi connectivity index (χ0n) is 14.3. The van der Waals surface area contributed by atoms with Crippen molar-refractivity contribution < 1.29 is 19.8 Å².